The molecule has 0 radical (unpaired) electrons. The first-order valence-electron chi connectivity index (χ1n) is 6.01. The van der Waals surface area contributed by atoms with E-state index in [0.29, 0.717) is 16.8 Å². The normalized spacial score (nSPS) is 23.7. The summed E-state index contributed by atoms with van der Waals surface area (Å²) in [6, 6.07) is 4.57. The lowest BCUT2D eigenvalue weighted by Crippen LogP contribution is -2.40. The number of hydrogen-bond donors (Lipinski definition) is 2. The quantitative estimate of drug-likeness (QED) is 0.814. The van der Waals surface area contributed by atoms with Gasteiger partial charge in [0, 0.05) is 23.3 Å². The summed E-state index contributed by atoms with van der Waals surface area (Å²) < 4.78 is 33.1. The lowest BCUT2D eigenvalue weighted by molar-refractivity contribution is 0.0250. The topological polar surface area (TPSA) is 81.4 Å². The smallest absolute Gasteiger partial charge is 0.240 e. The second-order valence-corrected chi connectivity index (χ2v) is 7.53. The summed E-state index contributed by atoms with van der Waals surface area (Å²) in [5, 5.41) is 0. The Morgan fingerprint density at radius 3 is 2.84 bits per heavy atom. The highest BCUT2D eigenvalue weighted by Crippen LogP contribution is 2.26. The second kappa shape index (κ2) is 5.40. The Labute approximate surface area is 121 Å². The molecule has 1 fully saturated rings. The van der Waals surface area contributed by atoms with Gasteiger partial charge < -0.3 is 10.5 Å². The molecular formula is C12H17BrN2O3S. The van der Waals surface area contributed by atoms with Gasteiger partial charge in [-0.25, -0.2) is 13.1 Å². The van der Waals surface area contributed by atoms with E-state index in [9.17, 15) is 8.42 Å². The van der Waals surface area contributed by atoms with Crippen LogP contribution in [0.15, 0.2) is 27.6 Å². The van der Waals surface area contributed by atoms with Crippen LogP contribution in [0.1, 0.15) is 19.8 Å². The van der Waals surface area contributed by atoms with Gasteiger partial charge in [-0.3, -0.25) is 0 Å². The number of nitrogens with one attached hydrogen (secondary N) is 1. The van der Waals surface area contributed by atoms with E-state index < -0.39 is 15.6 Å². The number of anilines is 1. The van der Waals surface area contributed by atoms with Crippen LogP contribution in [0.25, 0.3) is 0 Å². The van der Waals surface area contributed by atoms with E-state index in [1.807, 2.05) is 6.92 Å². The van der Waals surface area contributed by atoms with E-state index in [-0.39, 0.29) is 11.4 Å². The van der Waals surface area contributed by atoms with Gasteiger partial charge in [0.15, 0.2) is 0 Å². The van der Waals surface area contributed by atoms with E-state index in [2.05, 4.69) is 20.7 Å². The molecule has 7 heteroatoms. The Morgan fingerprint density at radius 2 is 2.26 bits per heavy atom. The molecule has 1 aromatic rings. The van der Waals surface area contributed by atoms with Crippen molar-refractivity contribution < 1.29 is 13.2 Å². The van der Waals surface area contributed by atoms with E-state index in [4.69, 9.17) is 10.5 Å². The molecule has 1 aliphatic heterocycles. The molecule has 1 saturated heterocycles. The first kappa shape index (κ1) is 14.8. The first-order chi connectivity index (χ1) is 8.82. The van der Waals surface area contributed by atoms with Gasteiger partial charge in [0.2, 0.25) is 10.0 Å². The van der Waals surface area contributed by atoms with Crippen LogP contribution in [0.3, 0.4) is 0 Å². The van der Waals surface area contributed by atoms with Crippen LogP contribution in [-0.2, 0) is 14.8 Å². The Bertz CT molecular complexity index is 568. The van der Waals surface area contributed by atoms with Gasteiger partial charge in [-0.05, 0) is 53.9 Å². The van der Waals surface area contributed by atoms with Gasteiger partial charge >= 0.3 is 0 Å². The first-order valence-corrected chi connectivity index (χ1v) is 8.29. The minimum Gasteiger partial charge on any atom is -0.398 e. The van der Waals surface area contributed by atoms with Gasteiger partial charge in [0.25, 0.3) is 0 Å². The van der Waals surface area contributed by atoms with Crippen molar-refractivity contribution in [1.82, 2.24) is 4.72 Å². The number of sulfonamides is 1. The number of halogens is 1. The summed E-state index contributed by atoms with van der Waals surface area (Å²) in [4.78, 5) is 0.162. The van der Waals surface area contributed by atoms with Crippen LogP contribution in [0, 0.1) is 0 Å². The van der Waals surface area contributed by atoms with Crippen molar-refractivity contribution >= 4 is 31.6 Å². The highest BCUT2D eigenvalue weighted by Gasteiger charge is 2.31. The summed E-state index contributed by atoms with van der Waals surface area (Å²) >= 11 is 3.24. The molecular weight excluding hydrogens is 332 g/mol. The molecule has 106 valence electrons. The second-order valence-electron chi connectivity index (χ2n) is 4.91. The standard InChI is InChI=1S/C12H17BrN2O3S/c1-12(5-2-6-18-12)8-15-19(16,17)9-3-4-10(13)11(14)7-9/h3-4,7,15H,2,5-6,8,14H2,1H3. The van der Waals surface area contributed by atoms with Gasteiger partial charge in [-0.15, -0.1) is 0 Å². The zero-order chi connectivity index (χ0) is 14.1. The van der Waals surface area contributed by atoms with Gasteiger partial charge in [-0.2, -0.15) is 0 Å². The molecule has 19 heavy (non-hydrogen) atoms. The maximum atomic E-state index is 12.2. The molecule has 0 amide bonds. The van der Waals surface area contributed by atoms with Crippen molar-refractivity contribution in [1.29, 1.82) is 0 Å². The van der Waals surface area contributed by atoms with E-state index >= 15 is 0 Å². The number of nitrogens with two attached hydrogens (primary N) is 1. The molecule has 1 atom stereocenters. The van der Waals surface area contributed by atoms with Crippen LogP contribution in [0.4, 0.5) is 5.69 Å². The van der Waals surface area contributed by atoms with E-state index in [0.717, 1.165) is 12.8 Å². The Balaban J connectivity index is 2.11. The van der Waals surface area contributed by atoms with Crippen molar-refractivity contribution in [3.63, 3.8) is 0 Å². The molecule has 0 aromatic heterocycles. The molecule has 1 heterocycles. The molecule has 1 unspecified atom stereocenters. The summed E-state index contributed by atoms with van der Waals surface area (Å²) in [6.45, 7) is 2.87. The fourth-order valence-electron chi connectivity index (χ4n) is 2.00. The van der Waals surface area contributed by atoms with Gasteiger partial charge in [-0.1, -0.05) is 0 Å². The van der Waals surface area contributed by atoms with Crippen LogP contribution in [-0.4, -0.2) is 27.2 Å². The van der Waals surface area contributed by atoms with Gasteiger partial charge in [0.05, 0.1) is 10.5 Å². The Kier molecular flexibility index (Phi) is 4.20. The van der Waals surface area contributed by atoms with Crippen molar-refractivity contribution in [2.75, 3.05) is 18.9 Å². The molecule has 0 saturated carbocycles. The number of rotatable bonds is 4. The fraction of sp³-hybridized carbons (Fsp3) is 0.500. The number of hydrogen-bond acceptors (Lipinski definition) is 4. The van der Waals surface area contributed by atoms with E-state index in [1.54, 1.807) is 6.07 Å². The molecule has 0 bridgehead atoms. The fourth-order valence-corrected chi connectivity index (χ4v) is 3.43. The number of ether oxygens (including phenoxy) is 1. The summed E-state index contributed by atoms with van der Waals surface area (Å²) in [5.74, 6) is 0. The summed E-state index contributed by atoms with van der Waals surface area (Å²) in [5.41, 5.74) is 5.68. The lowest BCUT2D eigenvalue weighted by Gasteiger charge is -2.23. The maximum absolute atomic E-state index is 12.2. The minimum absolute atomic E-state index is 0.162. The SMILES string of the molecule is CC1(CNS(=O)(=O)c2ccc(Br)c(N)c2)CCCO1. The van der Waals surface area contributed by atoms with Gasteiger partial charge in [0.1, 0.15) is 0 Å². The highest BCUT2D eigenvalue weighted by molar-refractivity contribution is 9.10. The average molecular weight is 349 g/mol. The molecule has 0 spiro atoms. The zero-order valence-corrected chi connectivity index (χ0v) is 13.1. The van der Waals surface area contributed by atoms with E-state index in [1.165, 1.54) is 12.1 Å². The number of nitrogen functional groups attached to an aromatic ring is 1. The van der Waals surface area contributed by atoms with Crippen molar-refractivity contribution in [2.45, 2.75) is 30.3 Å². The predicted molar refractivity (Wildman–Crippen MR) is 77.3 cm³/mol. The van der Waals surface area contributed by atoms with Crippen molar-refractivity contribution in [2.24, 2.45) is 0 Å². The van der Waals surface area contributed by atoms with Crippen molar-refractivity contribution in [3.8, 4) is 0 Å². The summed E-state index contributed by atoms with van der Waals surface area (Å²) in [6.07, 6.45) is 1.82. The molecule has 0 aliphatic carbocycles. The molecule has 1 aliphatic rings. The van der Waals surface area contributed by atoms with Crippen LogP contribution < -0.4 is 10.5 Å². The minimum atomic E-state index is -3.56. The molecule has 1 aromatic carbocycles. The average Bonchev–Trinajstić information content (AvgIpc) is 2.78. The number of benzene rings is 1. The monoisotopic (exact) mass is 348 g/mol. The molecule has 5 nitrogen and oxygen atoms in total. The van der Waals surface area contributed by atoms with Crippen molar-refractivity contribution in [3.05, 3.63) is 22.7 Å². The molecule has 2 rings (SSSR count). The highest BCUT2D eigenvalue weighted by atomic mass is 79.9. The Hall–Kier alpha value is -0.630. The zero-order valence-electron chi connectivity index (χ0n) is 10.6. The van der Waals surface area contributed by atoms with Crippen LogP contribution >= 0.6 is 15.9 Å². The van der Waals surface area contributed by atoms with Crippen LogP contribution in [0.2, 0.25) is 0 Å². The third-order valence-corrected chi connectivity index (χ3v) is 5.34. The lowest BCUT2D eigenvalue weighted by atomic mass is 10.0. The third kappa shape index (κ3) is 3.47. The maximum Gasteiger partial charge on any atom is 0.240 e. The molecule has 3 N–H and O–H groups in total. The predicted octanol–water partition coefficient (Wildman–Crippen LogP) is 1.88. The third-order valence-electron chi connectivity index (χ3n) is 3.21. The largest absolute Gasteiger partial charge is 0.398 e. The Morgan fingerprint density at radius 1 is 1.53 bits per heavy atom. The van der Waals surface area contributed by atoms with Crippen LogP contribution in [0.5, 0.6) is 0 Å². The summed E-state index contributed by atoms with van der Waals surface area (Å²) in [7, 11) is -3.56.